The summed E-state index contributed by atoms with van der Waals surface area (Å²) in [7, 11) is 6.00. The van der Waals surface area contributed by atoms with Crippen molar-refractivity contribution < 1.29 is 47.2 Å². The van der Waals surface area contributed by atoms with Crippen LogP contribution < -0.4 is 0 Å². The number of hydrogen-bond acceptors (Lipinski definition) is 10. The molecule has 1 aromatic carbocycles. The van der Waals surface area contributed by atoms with Gasteiger partial charge < -0.3 is 37.6 Å². The van der Waals surface area contributed by atoms with Crippen LogP contribution in [0.3, 0.4) is 0 Å². The molecule has 0 unspecified atom stereocenters. The van der Waals surface area contributed by atoms with Crippen LogP contribution in [0.1, 0.15) is 71.1 Å². The van der Waals surface area contributed by atoms with Crippen LogP contribution in [0.4, 0.5) is 0 Å². The summed E-state index contributed by atoms with van der Waals surface area (Å²) in [6.07, 6.45) is 9.07. The Balaban J connectivity index is 0.00000158. The third-order valence-electron chi connectivity index (χ3n) is 7.02. The maximum atomic E-state index is 12.8. The number of benzene rings is 1. The molecule has 0 saturated carbocycles. The number of carbonyl (C=O) groups is 2. The number of ether oxygens (including phenoxy) is 7. The van der Waals surface area contributed by atoms with E-state index in [0.29, 0.717) is 59.2 Å². The van der Waals surface area contributed by atoms with E-state index in [1.54, 1.807) is 13.0 Å². The molecule has 2 heterocycles. The van der Waals surface area contributed by atoms with Crippen molar-refractivity contribution in [3.63, 3.8) is 0 Å². The monoisotopic (exact) mass is 678 g/mol. The minimum Gasteiger partial charge on any atom is -0.500 e. The number of hydrogen-bond donors (Lipinski definition) is 0. The Labute approximate surface area is 290 Å². The molecular weight excluding hydrogens is 628 g/mol. The van der Waals surface area contributed by atoms with Gasteiger partial charge in [-0.1, -0.05) is 64.5 Å². The van der Waals surface area contributed by atoms with E-state index in [0.717, 1.165) is 16.7 Å². The zero-order valence-electron chi connectivity index (χ0n) is 30.4. The van der Waals surface area contributed by atoms with Gasteiger partial charge in [0.25, 0.3) is 0 Å². The summed E-state index contributed by atoms with van der Waals surface area (Å²) < 4.78 is 45.6. The Morgan fingerprint density at radius 1 is 0.898 bits per heavy atom. The van der Waals surface area contributed by atoms with Gasteiger partial charge in [0.1, 0.15) is 54.5 Å². The highest BCUT2D eigenvalue weighted by atomic mass is 16.5. The van der Waals surface area contributed by atoms with Gasteiger partial charge in [-0.15, -0.1) is 0 Å². The average molecular weight is 679 g/mol. The maximum Gasteiger partial charge on any atom is 0.204 e. The normalized spacial score (nSPS) is 14.7. The van der Waals surface area contributed by atoms with Crippen LogP contribution in [-0.2, 0) is 56.0 Å². The molecule has 2 aliphatic rings. The summed E-state index contributed by atoms with van der Waals surface area (Å²) in [6.45, 7) is 12.1. The number of rotatable bonds is 14. The second-order valence-corrected chi connectivity index (χ2v) is 10.4. The molecule has 10 nitrogen and oxygen atoms in total. The Morgan fingerprint density at radius 3 is 2.06 bits per heavy atom. The number of carbonyl (C=O) groups excluding carboxylic acids is 2. The predicted molar refractivity (Wildman–Crippen MR) is 187 cm³/mol. The van der Waals surface area contributed by atoms with Gasteiger partial charge >= 0.3 is 0 Å². The number of allylic oxidation sites excluding steroid dienone is 5. The minimum atomic E-state index is -0.217. The van der Waals surface area contributed by atoms with Crippen LogP contribution in [0.15, 0.2) is 111 Å². The molecule has 266 valence electrons. The smallest absolute Gasteiger partial charge is 0.204 e. The van der Waals surface area contributed by atoms with Gasteiger partial charge in [-0.05, 0) is 37.1 Å². The Kier molecular flexibility index (Phi) is 17.1. The zero-order chi connectivity index (χ0) is 36.3. The molecule has 49 heavy (non-hydrogen) atoms. The number of furan rings is 1. The van der Waals surface area contributed by atoms with Gasteiger partial charge in [-0.3, -0.25) is 9.59 Å². The van der Waals surface area contributed by atoms with Gasteiger partial charge in [0, 0.05) is 12.0 Å². The Bertz CT molecular complexity index is 1570. The maximum absolute atomic E-state index is 12.8. The molecule has 0 N–H and O–H groups in total. The molecule has 1 aliphatic heterocycles. The molecule has 1 aliphatic carbocycles. The van der Waals surface area contributed by atoms with Crippen molar-refractivity contribution in [2.24, 2.45) is 0 Å². The van der Waals surface area contributed by atoms with Crippen molar-refractivity contribution in [3.05, 3.63) is 123 Å². The van der Waals surface area contributed by atoms with Crippen molar-refractivity contribution >= 4 is 17.8 Å². The van der Waals surface area contributed by atoms with E-state index >= 15 is 0 Å². The quantitative estimate of drug-likeness (QED) is 0.0835. The van der Waals surface area contributed by atoms with Crippen LogP contribution >= 0.6 is 0 Å². The fraction of sp³-hybridized carbons (Fsp3) is 0.385. The molecular formula is C39H50O10. The van der Waals surface area contributed by atoms with Gasteiger partial charge in [-0.2, -0.15) is 0 Å². The fourth-order valence-corrected chi connectivity index (χ4v) is 4.79. The van der Waals surface area contributed by atoms with E-state index in [1.807, 2.05) is 50.3 Å². The lowest BCUT2D eigenvalue weighted by molar-refractivity contribution is -0.114. The first-order valence-electron chi connectivity index (χ1n) is 16.2. The Hall–Kier alpha value is -5.12. The third-order valence-corrected chi connectivity index (χ3v) is 7.02. The molecule has 0 radical (unpaired) electrons. The standard InChI is InChI=1S/C34H36O10.C3H8.C2H6/c1-21(36)29-28(38-4)16-25-8-7-14-42-32(25)34(40-6)33(29)44-19-24-11-9-23(10-12-24)18-43-30(22(2)37-3)27(17-35)31(39-5)26-13-15-41-20-26;1-3-2;1-2/h7-13,15,17,20H,14,16,18-19H2,1-6H3;3H2,1-2H3;1-2H3/b30-22-,31-27+;;. The summed E-state index contributed by atoms with van der Waals surface area (Å²) in [4.78, 5) is 25.0. The molecule has 0 bridgehead atoms. The minimum absolute atomic E-state index is 0.142. The first-order chi connectivity index (χ1) is 23.8. The molecule has 0 atom stereocenters. The third kappa shape index (κ3) is 10.4. The van der Waals surface area contributed by atoms with E-state index in [9.17, 15) is 9.59 Å². The van der Waals surface area contributed by atoms with Crippen LogP contribution in [0.2, 0.25) is 0 Å². The van der Waals surface area contributed by atoms with E-state index in [2.05, 4.69) is 13.8 Å². The SMILES string of the molecule is CC.CCC.COC1=C(C(C)=O)C(OCc2ccc(COC(=C(/C)OC)/C(C=O)=C(/OC)c3ccoc3)cc2)=C(OC)C2=C(C=CCO2)C1. The lowest BCUT2D eigenvalue weighted by atomic mass is 10.1. The largest absolute Gasteiger partial charge is 0.500 e. The van der Waals surface area contributed by atoms with Crippen LogP contribution in [-0.4, -0.2) is 47.1 Å². The molecule has 0 fully saturated rings. The number of methoxy groups -OCH3 is 4. The van der Waals surface area contributed by atoms with Crippen molar-refractivity contribution in [2.45, 2.75) is 67.6 Å². The van der Waals surface area contributed by atoms with Crippen molar-refractivity contribution in [3.8, 4) is 0 Å². The first kappa shape index (κ1) is 40.1. The predicted octanol–water partition coefficient (Wildman–Crippen LogP) is 8.48. The fourth-order valence-electron chi connectivity index (χ4n) is 4.79. The summed E-state index contributed by atoms with van der Waals surface area (Å²) in [6, 6.07) is 9.22. The molecule has 10 heteroatoms. The van der Waals surface area contributed by atoms with E-state index in [4.69, 9.17) is 37.6 Å². The topological polar surface area (TPSA) is 112 Å². The molecule has 0 amide bonds. The van der Waals surface area contributed by atoms with E-state index in [1.165, 1.54) is 54.3 Å². The lowest BCUT2D eigenvalue weighted by Crippen LogP contribution is -2.12. The second-order valence-electron chi connectivity index (χ2n) is 10.4. The molecule has 1 aromatic heterocycles. The lowest BCUT2D eigenvalue weighted by Gasteiger charge is -2.20. The number of aldehydes is 1. The molecule has 4 rings (SSSR count). The van der Waals surface area contributed by atoms with Crippen LogP contribution in [0.25, 0.3) is 5.76 Å². The van der Waals surface area contributed by atoms with Crippen LogP contribution in [0, 0.1) is 0 Å². The molecule has 0 saturated heterocycles. The highest BCUT2D eigenvalue weighted by molar-refractivity contribution is 5.98. The van der Waals surface area contributed by atoms with Gasteiger partial charge in [0.2, 0.25) is 5.76 Å². The Morgan fingerprint density at radius 2 is 1.55 bits per heavy atom. The van der Waals surface area contributed by atoms with Gasteiger partial charge in [-0.25, -0.2) is 0 Å². The summed E-state index contributed by atoms with van der Waals surface area (Å²) >= 11 is 0. The first-order valence-corrected chi connectivity index (χ1v) is 16.2. The van der Waals surface area contributed by atoms with Crippen molar-refractivity contribution in [2.75, 3.05) is 35.0 Å². The number of ketones is 1. The van der Waals surface area contributed by atoms with Crippen molar-refractivity contribution in [1.29, 1.82) is 0 Å². The highest BCUT2D eigenvalue weighted by Gasteiger charge is 2.32. The van der Waals surface area contributed by atoms with Gasteiger partial charge in [0.15, 0.2) is 29.3 Å². The summed E-state index contributed by atoms with van der Waals surface area (Å²) in [5, 5.41) is 0. The summed E-state index contributed by atoms with van der Waals surface area (Å²) in [5.41, 5.74) is 3.57. The highest BCUT2D eigenvalue weighted by Crippen LogP contribution is 2.37. The van der Waals surface area contributed by atoms with Crippen molar-refractivity contribution in [1.82, 2.24) is 0 Å². The van der Waals surface area contributed by atoms with E-state index in [-0.39, 0.29) is 36.1 Å². The summed E-state index contributed by atoms with van der Waals surface area (Å²) in [5.74, 6) is 2.31. The van der Waals surface area contributed by atoms with E-state index < -0.39 is 0 Å². The molecule has 2 aromatic rings. The average Bonchev–Trinajstić information content (AvgIpc) is 3.61. The second kappa shape index (κ2) is 21.0. The molecule has 0 spiro atoms. The number of Topliss-reactive ketones (excluding diaryl/α,β-unsaturated/α-hetero) is 1. The van der Waals surface area contributed by atoms with Crippen LogP contribution in [0.5, 0.6) is 0 Å². The van der Waals surface area contributed by atoms with Gasteiger partial charge in [0.05, 0.1) is 40.3 Å². The zero-order valence-corrected chi connectivity index (χ0v) is 30.4.